The highest BCUT2D eigenvalue weighted by Gasteiger charge is 2.34. The monoisotopic (exact) mass is 395 g/mol. The lowest BCUT2D eigenvalue weighted by molar-refractivity contribution is -0.137. The maximum Gasteiger partial charge on any atom is 0.331 e. The van der Waals surface area contributed by atoms with Crippen LogP contribution >= 0.6 is 0 Å². The Morgan fingerprint density at radius 2 is 1.89 bits per heavy atom. The number of hydrogen-bond donors (Lipinski definition) is 2. The second kappa shape index (κ2) is 11.2. The van der Waals surface area contributed by atoms with Gasteiger partial charge in [-0.3, -0.25) is 14.5 Å². The molecule has 0 aromatic carbocycles. The number of nitrogens with one attached hydrogen (secondary N) is 1. The molecule has 1 fully saturated rings. The fraction of sp³-hybridized carbons (Fsp3) is 0.762. The van der Waals surface area contributed by atoms with Crippen LogP contribution in [-0.4, -0.2) is 71.0 Å². The SMILES string of the molecule is CCC(NC(=O)C1CCCCN1C(C)C(C)C)C(=O)N(C)C/C=C(\C)C(=O)O. The first kappa shape index (κ1) is 24.1. The van der Waals surface area contributed by atoms with Crippen molar-refractivity contribution in [3.05, 3.63) is 11.6 Å². The van der Waals surface area contributed by atoms with Crippen LogP contribution in [0.5, 0.6) is 0 Å². The molecule has 0 saturated carbocycles. The molecule has 1 aliphatic heterocycles. The summed E-state index contributed by atoms with van der Waals surface area (Å²) in [4.78, 5) is 40.3. The Kier molecular flexibility index (Phi) is 9.65. The summed E-state index contributed by atoms with van der Waals surface area (Å²) < 4.78 is 0. The van der Waals surface area contributed by atoms with Crippen molar-refractivity contribution in [2.75, 3.05) is 20.1 Å². The smallest absolute Gasteiger partial charge is 0.331 e. The van der Waals surface area contributed by atoms with Crippen molar-refractivity contribution in [1.82, 2.24) is 15.1 Å². The Hall–Kier alpha value is -1.89. The second-order valence-corrected chi connectivity index (χ2v) is 8.11. The molecule has 1 saturated heterocycles. The van der Waals surface area contributed by atoms with Gasteiger partial charge in [0, 0.05) is 25.2 Å². The van der Waals surface area contributed by atoms with Crippen LogP contribution in [0.4, 0.5) is 0 Å². The third-order valence-electron chi connectivity index (χ3n) is 5.74. The number of carbonyl (C=O) groups is 3. The van der Waals surface area contributed by atoms with Crippen molar-refractivity contribution < 1.29 is 19.5 Å². The topological polar surface area (TPSA) is 90.0 Å². The van der Waals surface area contributed by atoms with Crippen molar-refractivity contribution in [2.45, 2.75) is 78.4 Å². The lowest BCUT2D eigenvalue weighted by atomic mass is 9.95. The summed E-state index contributed by atoms with van der Waals surface area (Å²) in [7, 11) is 1.62. The van der Waals surface area contributed by atoms with E-state index in [1.807, 2.05) is 6.92 Å². The molecule has 28 heavy (non-hydrogen) atoms. The summed E-state index contributed by atoms with van der Waals surface area (Å²) in [5.41, 5.74) is 0.192. The number of carbonyl (C=O) groups excluding carboxylic acids is 2. The number of likely N-dealkylation sites (tertiary alicyclic amines) is 1. The van der Waals surface area contributed by atoms with Crippen molar-refractivity contribution >= 4 is 17.8 Å². The molecule has 1 rings (SSSR count). The van der Waals surface area contributed by atoms with E-state index in [1.165, 1.54) is 17.9 Å². The van der Waals surface area contributed by atoms with Gasteiger partial charge in [0.15, 0.2) is 0 Å². The maximum absolute atomic E-state index is 13.0. The highest BCUT2D eigenvalue weighted by Crippen LogP contribution is 2.23. The molecule has 0 aromatic rings. The van der Waals surface area contributed by atoms with Crippen molar-refractivity contribution in [2.24, 2.45) is 5.92 Å². The van der Waals surface area contributed by atoms with Gasteiger partial charge >= 0.3 is 5.97 Å². The number of carboxylic acid groups (broad SMARTS) is 1. The number of amides is 2. The molecule has 0 spiro atoms. The molecule has 7 heteroatoms. The zero-order chi connectivity index (χ0) is 21.4. The number of likely N-dealkylation sites (N-methyl/N-ethyl adjacent to an activating group) is 1. The molecule has 160 valence electrons. The molecule has 3 atom stereocenters. The zero-order valence-electron chi connectivity index (χ0n) is 18.2. The highest BCUT2D eigenvalue weighted by molar-refractivity contribution is 5.90. The average molecular weight is 396 g/mol. The third kappa shape index (κ3) is 6.62. The normalized spacial score (nSPS) is 20.5. The largest absolute Gasteiger partial charge is 0.478 e. The van der Waals surface area contributed by atoms with E-state index >= 15 is 0 Å². The first-order chi connectivity index (χ1) is 13.1. The van der Waals surface area contributed by atoms with Crippen LogP contribution in [0.25, 0.3) is 0 Å². The van der Waals surface area contributed by atoms with E-state index < -0.39 is 12.0 Å². The van der Waals surface area contributed by atoms with Gasteiger partial charge in [0.05, 0.1) is 6.04 Å². The Balaban J connectivity index is 2.78. The maximum atomic E-state index is 13.0. The molecule has 1 aliphatic rings. The Morgan fingerprint density at radius 1 is 1.25 bits per heavy atom. The van der Waals surface area contributed by atoms with Gasteiger partial charge in [-0.1, -0.05) is 33.3 Å². The summed E-state index contributed by atoms with van der Waals surface area (Å²) >= 11 is 0. The van der Waals surface area contributed by atoms with Crippen LogP contribution in [-0.2, 0) is 14.4 Å². The van der Waals surface area contributed by atoms with Gasteiger partial charge in [-0.25, -0.2) is 4.79 Å². The molecule has 0 bridgehead atoms. The molecule has 0 radical (unpaired) electrons. The Bertz CT molecular complexity index is 588. The van der Waals surface area contributed by atoms with Crippen molar-refractivity contribution in [1.29, 1.82) is 0 Å². The zero-order valence-corrected chi connectivity index (χ0v) is 18.2. The lowest BCUT2D eigenvalue weighted by Crippen LogP contribution is -2.57. The van der Waals surface area contributed by atoms with Crippen LogP contribution in [0.15, 0.2) is 11.6 Å². The van der Waals surface area contributed by atoms with Gasteiger partial charge < -0.3 is 15.3 Å². The van der Waals surface area contributed by atoms with E-state index in [1.54, 1.807) is 7.05 Å². The number of carboxylic acids is 1. The van der Waals surface area contributed by atoms with E-state index in [0.717, 1.165) is 25.8 Å². The van der Waals surface area contributed by atoms with Crippen molar-refractivity contribution in [3.8, 4) is 0 Å². The standard InChI is InChI=1S/C21H37N3O4/c1-7-17(20(26)23(6)13-11-15(4)21(27)28)22-19(25)18-10-8-9-12-24(18)16(5)14(2)3/h11,14,16-18H,7-10,12-13H2,1-6H3,(H,22,25)(H,27,28)/b15-11+. The predicted octanol–water partition coefficient (Wildman–Crippen LogP) is 2.27. The first-order valence-corrected chi connectivity index (χ1v) is 10.3. The molecule has 3 unspecified atom stereocenters. The number of nitrogens with zero attached hydrogens (tertiary/aromatic N) is 2. The molecule has 0 aliphatic carbocycles. The van der Waals surface area contributed by atoms with Gasteiger partial charge in [0.25, 0.3) is 0 Å². The summed E-state index contributed by atoms with van der Waals surface area (Å²) in [6.07, 6.45) is 4.91. The number of rotatable bonds is 9. The van der Waals surface area contributed by atoms with E-state index in [2.05, 4.69) is 31.0 Å². The first-order valence-electron chi connectivity index (χ1n) is 10.3. The number of piperidine rings is 1. The molecule has 2 N–H and O–H groups in total. The summed E-state index contributed by atoms with van der Waals surface area (Å²) in [5, 5.41) is 11.9. The van der Waals surface area contributed by atoms with Crippen LogP contribution in [0.2, 0.25) is 0 Å². The average Bonchev–Trinajstić information content (AvgIpc) is 2.68. The van der Waals surface area contributed by atoms with E-state index in [4.69, 9.17) is 5.11 Å². The van der Waals surface area contributed by atoms with Crippen LogP contribution in [0, 0.1) is 5.92 Å². The minimum atomic E-state index is -1.00. The van der Waals surface area contributed by atoms with Gasteiger partial charge in [-0.05, 0) is 45.6 Å². The second-order valence-electron chi connectivity index (χ2n) is 8.11. The van der Waals surface area contributed by atoms with E-state index in [0.29, 0.717) is 18.4 Å². The van der Waals surface area contributed by atoms with Gasteiger partial charge in [0.1, 0.15) is 6.04 Å². The molecular weight excluding hydrogens is 358 g/mol. The van der Waals surface area contributed by atoms with E-state index in [-0.39, 0.29) is 30.0 Å². The summed E-state index contributed by atoms with van der Waals surface area (Å²) in [6, 6.07) is -0.500. The minimum Gasteiger partial charge on any atom is -0.478 e. The Morgan fingerprint density at radius 3 is 2.43 bits per heavy atom. The summed E-state index contributed by atoms with van der Waals surface area (Å²) in [6.45, 7) is 10.9. The van der Waals surface area contributed by atoms with Crippen molar-refractivity contribution in [3.63, 3.8) is 0 Å². The van der Waals surface area contributed by atoms with Gasteiger partial charge in [-0.15, -0.1) is 0 Å². The van der Waals surface area contributed by atoms with Crippen LogP contribution in [0.3, 0.4) is 0 Å². The van der Waals surface area contributed by atoms with E-state index in [9.17, 15) is 14.4 Å². The lowest BCUT2D eigenvalue weighted by Gasteiger charge is -2.41. The molecular formula is C21H37N3O4. The Labute approximate surface area is 169 Å². The fourth-order valence-electron chi connectivity index (χ4n) is 3.43. The molecule has 0 aromatic heterocycles. The van der Waals surface area contributed by atoms with Crippen LogP contribution in [0.1, 0.15) is 60.3 Å². The predicted molar refractivity (Wildman–Crippen MR) is 110 cm³/mol. The third-order valence-corrected chi connectivity index (χ3v) is 5.74. The van der Waals surface area contributed by atoms with Gasteiger partial charge in [-0.2, -0.15) is 0 Å². The summed E-state index contributed by atoms with van der Waals surface area (Å²) in [5.74, 6) is -0.840. The van der Waals surface area contributed by atoms with Crippen LogP contribution < -0.4 is 5.32 Å². The highest BCUT2D eigenvalue weighted by atomic mass is 16.4. The molecule has 2 amide bonds. The molecule has 7 nitrogen and oxygen atoms in total. The number of aliphatic carboxylic acids is 1. The number of hydrogen-bond acceptors (Lipinski definition) is 4. The van der Waals surface area contributed by atoms with Gasteiger partial charge in [0.2, 0.25) is 11.8 Å². The fourth-order valence-corrected chi connectivity index (χ4v) is 3.43. The molecule has 1 heterocycles. The quantitative estimate of drug-likeness (QED) is 0.585. The minimum absolute atomic E-state index is 0.0851.